The number of nitrogens with two attached hydrogens (primary N) is 1. The van der Waals surface area contributed by atoms with E-state index in [-0.39, 0.29) is 36.1 Å². The highest BCUT2D eigenvalue weighted by Crippen LogP contribution is 2.45. The molecule has 0 bridgehead atoms. The molecule has 1 heterocycles. The number of primary amides is 1. The number of hydrogen-bond acceptors (Lipinski definition) is 4. The molecule has 1 aliphatic heterocycles. The van der Waals surface area contributed by atoms with Gasteiger partial charge >= 0.3 is 6.36 Å². The number of piperidine rings is 1. The molecule has 2 amide bonds. The van der Waals surface area contributed by atoms with Crippen molar-refractivity contribution in [2.24, 2.45) is 11.7 Å². The van der Waals surface area contributed by atoms with E-state index in [0.29, 0.717) is 29.8 Å². The van der Waals surface area contributed by atoms with Crippen LogP contribution in [-0.2, 0) is 11.2 Å². The number of amides is 2. The molecule has 2 fully saturated rings. The monoisotopic (exact) mass is 512 g/mol. The minimum Gasteiger partial charge on any atom is -0.489 e. The Morgan fingerprint density at radius 2 is 1.88 bits per heavy atom. The number of ether oxygens (including phenoxy) is 2. The molecule has 10 heteroatoms. The van der Waals surface area contributed by atoms with Crippen LogP contribution in [0.5, 0.6) is 11.5 Å². The molecule has 1 saturated carbocycles. The normalized spacial score (nSPS) is 22.1. The molecule has 1 aliphatic carbocycles. The van der Waals surface area contributed by atoms with Gasteiger partial charge in [-0.25, -0.2) is 0 Å². The fourth-order valence-corrected chi connectivity index (χ4v) is 4.47. The van der Waals surface area contributed by atoms with Crippen LogP contribution < -0.4 is 15.2 Å². The standard InChI is InChI=1S/C22H20BrF3N2O4/c23-13-3-6-18(16(10-13)21(27)30)31-19-7-8-28(17-11-15(17)19)20(29)9-12-1-4-14(5-2-12)32-22(24,25)26/h1-6,10,15,17,19H,7-9,11H2,(H2,27,30). The lowest BCUT2D eigenvalue weighted by atomic mass is 10.0. The van der Waals surface area contributed by atoms with E-state index in [1.165, 1.54) is 24.3 Å². The lowest BCUT2D eigenvalue weighted by Gasteiger charge is -2.32. The van der Waals surface area contributed by atoms with Crippen molar-refractivity contribution in [2.45, 2.75) is 37.8 Å². The van der Waals surface area contributed by atoms with Crippen molar-refractivity contribution in [3.8, 4) is 11.5 Å². The van der Waals surface area contributed by atoms with E-state index < -0.39 is 12.3 Å². The minimum absolute atomic E-state index is 0.0570. The van der Waals surface area contributed by atoms with E-state index in [1.54, 1.807) is 23.1 Å². The van der Waals surface area contributed by atoms with Crippen molar-refractivity contribution in [1.29, 1.82) is 0 Å². The van der Waals surface area contributed by atoms with Crippen LogP contribution in [0.4, 0.5) is 13.2 Å². The molecular formula is C22H20BrF3N2O4. The molecular weight excluding hydrogens is 493 g/mol. The SMILES string of the molecule is NC(=O)c1cc(Br)ccc1OC1CCN(C(=O)Cc2ccc(OC(F)(F)F)cc2)C2CC12. The highest BCUT2D eigenvalue weighted by Gasteiger charge is 2.52. The summed E-state index contributed by atoms with van der Waals surface area (Å²) in [6.07, 6.45) is -3.36. The van der Waals surface area contributed by atoms with E-state index >= 15 is 0 Å². The van der Waals surface area contributed by atoms with Crippen LogP contribution >= 0.6 is 15.9 Å². The molecule has 3 unspecified atom stereocenters. The van der Waals surface area contributed by atoms with Crippen molar-refractivity contribution >= 4 is 27.7 Å². The number of hydrogen-bond donors (Lipinski definition) is 1. The molecule has 4 rings (SSSR count). The maximum atomic E-state index is 12.8. The Labute approximate surface area is 190 Å². The van der Waals surface area contributed by atoms with Crippen molar-refractivity contribution < 1.29 is 32.2 Å². The third kappa shape index (κ3) is 5.17. The molecule has 2 aromatic carbocycles. The maximum Gasteiger partial charge on any atom is 0.573 e. The fourth-order valence-electron chi connectivity index (χ4n) is 4.11. The van der Waals surface area contributed by atoms with Crippen LogP contribution in [-0.4, -0.2) is 41.8 Å². The minimum atomic E-state index is -4.75. The van der Waals surface area contributed by atoms with E-state index in [1.807, 2.05) is 0 Å². The van der Waals surface area contributed by atoms with Gasteiger partial charge in [0, 0.05) is 29.4 Å². The summed E-state index contributed by atoms with van der Waals surface area (Å²) in [5, 5.41) is 0. The zero-order valence-corrected chi connectivity index (χ0v) is 18.4. The van der Waals surface area contributed by atoms with Crippen LogP contribution in [0.15, 0.2) is 46.9 Å². The second-order valence-electron chi connectivity index (χ2n) is 7.87. The second-order valence-corrected chi connectivity index (χ2v) is 8.79. The van der Waals surface area contributed by atoms with Gasteiger partial charge in [-0.1, -0.05) is 28.1 Å². The van der Waals surface area contributed by atoms with Crippen LogP contribution in [0.2, 0.25) is 0 Å². The summed E-state index contributed by atoms with van der Waals surface area (Å²) in [6.45, 7) is 0.502. The molecule has 6 nitrogen and oxygen atoms in total. The Kier molecular flexibility index (Phi) is 6.07. The lowest BCUT2D eigenvalue weighted by Crippen LogP contribution is -2.43. The number of carbonyl (C=O) groups excluding carboxylic acids is 2. The summed E-state index contributed by atoms with van der Waals surface area (Å²) in [5.41, 5.74) is 6.36. The van der Waals surface area contributed by atoms with Gasteiger partial charge in [0.25, 0.3) is 5.91 Å². The van der Waals surface area contributed by atoms with E-state index in [9.17, 15) is 22.8 Å². The summed E-state index contributed by atoms with van der Waals surface area (Å²) in [7, 11) is 0. The third-order valence-electron chi connectivity index (χ3n) is 5.66. The molecule has 170 valence electrons. The quantitative estimate of drug-likeness (QED) is 0.632. The van der Waals surface area contributed by atoms with E-state index in [0.717, 1.165) is 10.9 Å². The first-order valence-electron chi connectivity index (χ1n) is 10.0. The zero-order chi connectivity index (χ0) is 23.0. The molecule has 0 radical (unpaired) electrons. The number of alkyl halides is 3. The van der Waals surface area contributed by atoms with Gasteiger partial charge < -0.3 is 20.1 Å². The predicted molar refractivity (Wildman–Crippen MR) is 112 cm³/mol. The van der Waals surface area contributed by atoms with Gasteiger partial charge in [0.15, 0.2) is 0 Å². The predicted octanol–water partition coefficient (Wildman–Crippen LogP) is 4.06. The van der Waals surface area contributed by atoms with Crippen molar-refractivity contribution in [3.05, 3.63) is 58.1 Å². The van der Waals surface area contributed by atoms with Gasteiger partial charge in [-0.2, -0.15) is 0 Å². The van der Waals surface area contributed by atoms with Gasteiger partial charge in [-0.05, 0) is 42.3 Å². The van der Waals surface area contributed by atoms with E-state index in [4.69, 9.17) is 10.5 Å². The highest BCUT2D eigenvalue weighted by atomic mass is 79.9. The smallest absolute Gasteiger partial charge is 0.489 e. The molecule has 0 aromatic heterocycles. The molecule has 2 N–H and O–H groups in total. The number of likely N-dealkylation sites (tertiary alicyclic amines) is 1. The summed E-state index contributed by atoms with van der Waals surface area (Å²) in [6, 6.07) is 10.5. The molecule has 2 aromatic rings. The van der Waals surface area contributed by atoms with Crippen LogP contribution in [0, 0.1) is 5.92 Å². The van der Waals surface area contributed by atoms with E-state index in [2.05, 4.69) is 20.7 Å². The second kappa shape index (κ2) is 8.65. The molecule has 1 saturated heterocycles. The van der Waals surface area contributed by atoms with Crippen molar-refractivity contribution in [2.75, 3.05) is 6.54 Å². The Balaban J connectivity index is 1.34. The first-order chi connectivity index (χ1) is 15.1. The number of nitrogens with zero attached hydrogens (tertiary/aromatic N) is 1. The zero-order valence-electron chi connectivity index (χ0n) is 16.8. The Morgan fingerprint density at radius 1 is 1.16 bits per heavy atom. The van der Waals surface area contributed by atoms with Crippen LogP contribution in [0.25, 0.3) is 0 Å². The number of carbonyl (C=O) groups is 2. The molecule has 32 heavy (non-hydrogen) atoms. The summed E-state index contributed by atoms with van der Waals surface area (Å²) in [5.74, 6) is -0.385. The summed E-state index contributed by atoms with van der Waals surface area (Å²) in [4.78, 5) is 26.3. The topological polar surface area (TPSA) is 81.9 Å². The lowest BCUT2D eigenvalue weighted by molar-refractivity contribution is -0.274. The first-order valence-corrected chi connectivity index (χ1v) is 10.8. The number of fused-ring (bicyclic) bond motifs is 1. The number of halogens is 4. The first kappa shape index (κ1) is 22.4. The fraction of sp³-hybridized carbons (Fsp3) is 0.364. The Morgan fingerprint density at radius 3 is 2.53 bits per heavy atom. The average molecular weight is 513 g/mol. The highest BCUT2D eigenvalue weighted by molar-refractivity contribution is 9.10. The van der Waals surface area contributed by atoms with Gasteiger partial charge in [0.2, 0.25) is 5.91 Å². The molecule has 0 spiro atoms. The summed E-state index contributed by atoms with van der Waals surface area (Å²) >= 11 is 3.31. The maximum absolute atomic E-state index is 12.8. The largest absolute Gasteiger partial charge is 0.573 e. The van der Waals surface area contributed by atoms with Crippen LogP contribution in [0.3, 0.4) is 0 Å². The summed E-state index contributed by atoms with van der Waals surface area (Å²) < 4.78 is 47.5. The van der Waals surface area contributed by atoms with Crippen LogP contribution in [0.1, 0.15) is 28.8 Å². The van der Waals surface area contributed by atoms with Crippen molar-refractivity contribution in [1.82, 2.24) is 4.90 Å². The van der Waals surface area contributed by atoms with Gasteiger partial charge in [0.1, 0.15) is 17.6 Å². The third-order valence-corrected chi connectivity index (χ3v) is 6.15. The number of rotatable bonds is 6. The van der Waals surface area contributed by atoms with Gasteiger partial charge in [0.05, 0.1) is 12.0 Å². The Bertz CT molecular complexity index is 1030. The van der Waals surface area contributed by atoms with Gasteiger partial charge in [-0.3, -0.25) is 9.59 Å². The Hall–Kier alpha value is -2.75. The molecule has 3 atom stereocenters. The number of benzene rings is 2. The molecule has 2 aliphatic rings. The average Bonchev–Trinajstić information content (AvgIpc) is 3.51. The van der Waals surface area contributed by atoms with Gasteiger partial charge in [-0.15, -0.1) is 13.2 Å². The van der Waals surface area contributed by atoms with Crippen molar-refractivity contribution in [3.63, 3.8) is 0 Å².